The molecule has 5 heteroatoms. The Balaban J connectivity index is 2.11. The SMILES string of the molecule is CC(C)n1nccc1C(=O)c1cnn2ccccc12. The van der Waals surface area contributed by atoms with Gasteiger partial charge in [-0.15, -0.1) is 0 Å². The molecule has 0 bridgehead atoms. The Kier molecular flexibility index (Phi) is 2.67. The zero-order valence-electron chi connectivity index (χ0n) is 10.8. The van der Waals surface area contributed by atoms with E-state index in [0.29, 0.717) is 11.3 Å². The third kappa shape index (κ3) is 1.83. The standard InChI is InChI=1S/C14H14N4O/c1-10(2)18-13(6-7-15-18)14(19)11-9-16-17-8-4-3-5-12(11)17/h3-10H,1-2H3. The number of fused-ring (bicyclic) bond motifs is 1. The summed E-state index contributed by atoms with van der Waals surface area (Å²) in [5.74, 6) is -0.0487. The van der Waals surface area contributed by atoms with Gasteiger partial charge in [-0.1, -0.05) is 6.07 Å². The fourth-order valence-corrected chi connectivity index (χ4v) is 2.15. The Morgan fingerprint density at radius 1 is 1.21 bits per heavy atom. The molecule has 0 aliphatic carbocycles. The van der Waals surface area contributed by atoms with Gasteiger partial charge in [0.05, 0.1) is 17.3 Å². The molecule has 0 fully saturated rings. The van der Waals surface area contributed by atoms with Crippen molar-refractivity contribution in [2.75, 3.05) is 0 Å². The Morgan fingerprint density at radius 2 is 2.05 bits per heavy atom. The summed E-state index contributed by atoms with van der Waals surface area (Å²) in [4.78, 5) is 12.6. The molecule has 3 aromatic heterocycles. The summed E-state index contributed by atoms with van der Waals surface area (Å²) < 4.78 is 3.43. The highest BCUT2D eigenvalue weighted by atomic mass is 16.1. The van der Waals surface area contributed by atoms with Crippen molar-refractivity contribution in [3.05, 3.63) is 54.1 Å². The summed E-state index contributed by atoms with van der Waals surface area (Å²) in [6.07, 6.45) is 5.08. The molecule has 0 amide bonds. The second kappa shape index (κ2) is 4.35. The lowest BCUT2D eigenvalue weighted by Crippen LogP contribution is -2.13. The molecular weight excluding hydrogens is 240 g/mol. The van der Waals surface area contributed by atoms with E-state index in [4.69, 9.17) is 0 Å². The lowest BCUT2D eigenvalue weighted by atomic mass is 10.1. The van der Waals surface area contributed by atoms with E-state index in [9.17, 15) is 4.79 Å². The van der Waals surface area contributed by atoms with Gasteiger partial charge in [0, 0.05) is 18.4 Å². The molecule has 0 radical (unpaired) electrons. The van der Waals surface area contributed by atoms with Crippen molar-refractivity contribution in [1.29, 1.82) is 0 Å². The monoisotopic (exact) mass is 254 g/mol. The first-order valence-corrected chi connectivity index (χ1v) is 6.19. The Bertz CT molecular complexity index is 739. The summed E-state index contributed by atoms with van der Waals surface area (Å²) in [7, 11) is 0. The van der Waals surface area contributed by atoms with E-state index >= 15 is 0 Å². The van der Waals surface area contributed by atoms with Crippen molar-refractivity contribution in [3.63, 3.8) is 0 Å². The smallest absolute Gasteiger partial charge is 0.214 e. The van der Waals surface area contributed by atoms with Crippen LogP contribution >= 0.6 is 0 Å². The minimum Gasteiger partial charge on any atom is -0.287 e. The number of carbonyl (C=O) groups is 1. The maximum atomic E-state index is 12.6. The van der Waals surface area contributed by atoms with Gasteiger partial charge in [0.15, 0.2) is 0 Å². The Morgan fingerprint density at radius 3 is 2.84 bits per heavy atom. The van der Waals surface area contributed by atoms with Crippen LogP contribution in [-0.2, 0) is 0 Å². The second-order valence-electron chi connectivity index (χ2n) is 4.67. The third-order valence-electron chi connectivity index (χ3n) is 3.06. The van der Waals surface area contributed by atoms with E-state index < -0.39 is 0 Å². The van der Waals surface area contributed by atoms with Crippen molar-refractivity contribution < 1.29 is 4.79 Å². The van der Waals surface area contributed by atoms with E-state index in [0.717, 1.165) is 5.52 Å². The zero-order chi connectivity index (χ0) is 13.4. The average Bonchev–Trinajstić information content (AvgIpc) is 3.05. The van der Waals surface area contributed by atoms with Crippen LogP contribution in [0.4, 0.5) is 0 Å². The van der Waals surface area contributed by atoms with Crippen LogP contribution in [0.5, 0.6) is 0 Å². The van der Waals surface area contributed by atoms with Crippen LogP contribution < -0.4 is 0 Å². The molecule has 0 unspecified atom stereocenters. The lowest BCUT2D eigenvalue weighted by Gasteiger charge is -2.09. The fraction of sp³-hybridized carbons (Fsp3) is 0.214. The lowest BCUT2D eigenvalue weighted by molar-refractivity contribution is 0.102. The molecule has 3 aromatic rings. The molecule has 96 valence electrons. The van der Waals surface area contributed by atoms with Crippen LogP contribution in [0, 0.1) is 0 Å². The summed E-state index contributed by atoms with van der Waals surface area (Å²) >= 11 is 0. The van der Waals surface area contributed by atoms with E-state index in [-0.39, 0.29) is 11.8 Å². The van der Waals surface area contributed by atoms with E-state index in [2.05, 4.69) is 10.2 Å². The van der Waals surface area contributed by atoms with Crippen molar-refractivity contribution in [2.45, 2.75) is 19.9 Å². The molecule has 19 heavy (non-hydrogen) atoms. The number of carbonyl (C=O) groups excluding carboxylic acids is 1. The summed E-state index contributed by atoms with van der Waals surface area (Å²) in [6, 6.07) is 7.56. The van der Waals surface area contributed by atoms with E-state index in [1.165, 1.54) is 0 Å². The maximum Gasteiger partial charge on any atom is 0.214 e. The van der Waals surface area contributed by atoms with Gasteiger partial charge in [0.2, 0.25) is 5.78 Å². The van der Waals surface area contributed by atoms with Gasteiger partial charge in [-0.2, -0.15) is 10.2 Å². The first-order valence-electron chi connectivity index (χ1n) is 6.19. The van der Waals surface area contributed by atoms with E-state index in [1.807, 2.05) is 38.2 Å². The van der Waals surface area contributed by atoms with Crippen LogP contribution in [0.25, 0.3) is 5.52 Å². The molecule has 0 aromatic carbocycles. The molecule has 3 rings (SSSR count). The number of nitrogens with zero attached hydrogens (tertiary/aromatic N) is 4. The number of aromatic nitrogens is 4. The van der Waals surface area contributed by atoms with Crippen molar-refractivity contribution in [2.24, 2.45) is 0 Å². The Labute approximate surface area is 110 Å². The summed E-state index contributed by atoms with van der Waals surface area (Å²) in [5, 5.41) is 8.39. The number of rotatable bonds is 3. The van der Waals surface area contributed by atoms with Crippen molar-refractivity contribution in [3.8, 4) is 0 Å². The van der Waals surface area contributed by atoms with Crippen LogP contribution in [0.15, 0.2) is 42.9 Å². The number of hydrogen-bond acceptors (Lipinski definition) is 3. The molecule has 5 nitrogen and oxygen atoms in total. The van der Waals surface area contributed by atoms with Gasteiger partial charge in [-0.25, -0.2) is 4.52 Å². The molecule has 3 heterocycles. The fourth-order valence-electron chi connectivity index (χ4n) is 2.15. The molecular formula is C14H14N4O. The van der Waals surface area contributed by atoms with Crippen LogP contribution in [-0.4, -0.2) is 25.2 Å². The average molecular weight is 254 g/mol. The van der Waals surface area contributed by atoms with Gasteiger partial charge >= 0.3 is 0 Å². The predicted molar refractivity (Wildman–Crippen MR) is 71.2 cm³/mol. The third-order valence-corrected chi connectivity index (χ3v) is 3.06. The topological polar surface area (TPSA) is 52.2 Å². The molecule has 0 spiro atoms. The molecule has 0 saturated heterocycles. The quantitative estimate of drug-likeness (QED) is 0.674. The van der Waals surface area contributed by atoms with E-state index in [1.54, 1.807) is 27.7 Å². The molecule has 0 aliphatic heterocycles. The van der Waals surface area contributed by atoms with Crippen molar-refractivity contribution in [1.82, 2.24) is 19.4 Å². The van der Waals surface area contributed by atoms with Gasteiger partial charge in [-0.3, -0.25) is 9.48 Å². The molecule has 0 saturated carbocycles. The highest BCUT2D eigenvalue weighted by Gasteiger charge is 2.19. The highest BCUT2D eigenvalue weighted by molar-refractivity contribution is 6.12. The van der Waals surface area contributed by atoms with Crippen LogP contribution in [0.3, 0.4) is 0 Å². The largest absolute Gasteiger partial charge is 0.287 e. The zero-order valence-corrected chi connectivity index (χ0v) is 10.8. The molecule has 0 aliphatic rings. The minimum atomic E-state index is -0.0487. The maximum absolute atomic E-state index is 12.6. The first-order chi connectivity index (χ1) is 9.18. The molecule has 0 atom stereocenters. The van der Waals surface area contributed by atoms with Crippen LogP contribution in [0.1, 0.15) is 35.9 Å². The predicted octanol–water partition coefficient (Wildman–Crippen LogP) is 2.34. The first kappa shape index (κ1) is 11.6. The van der Waals surface area contributed by atoms with Crippen molar-refractivity contribution >= 4 is 11.3 Å². The minimum absolute atomic E-state index is 0.0487. The number of pyridine rings is 1. The highest BCUT2D eigenvalue weighted by Crippen LogP contribution is 2.17. The van der Waals surface area contributed by atoms with Crippen LogP contribution in [0.2, 0.25) is 0 Å². The number of hydrogen-bond donors (Lipinski definition) is 0. The van der Waals surface area contributed by atoms with Gasteiger partial charge in [0.1, 0.15) is 5.69 Å². The Hall–Kier alpha value is -2.43. The normalized spacial score (nSPS) is 11.3. The second-order valence-corrected chi connectivity index (χ2v) is 4.67. The summed E-state index contributed by atoms with van der Waals surface area (Å²) in [6.45, 7) is 4.00. The van der Waals surface area contributed by atoms with Gasteiger partial charge < -0.3 is 0 Å². The summed E-state index contributed by atoms with van der Waals surface area (Å²) in [5.41, 5.74) is 2.00. The van der Waals surface area contributed by atoms with Gasteiger partial charge in [0.25, 0.3) is 0 Å². The van der Waals surface area contributed by atoms with Gasteiger partial charge in [-0.05, 0) is 32.0 Å². The molecule has 0 N–H and O–H groups in total. The number of ketones is 1.